The summed E-state index contributed by atoms with van der Waals surface area (Å²) in [5.74, 6) is 0. The summed E-state index contributed by atoms with van der Waals surface area (Å²) in [7, 11) is 0. The number of carbonyl (C=O) groups is 1. The number of carbonyl (C=O) groups excluding carboxylic acids is 1. The van der Waals surface area contributed by atoms with Gasteiger partial charge < -0.3 is 31.1 Å². The normalized spacial score (nSPS) is 21.3. The third-order valence-corrected chi connectivity index (χ3v) is 10.1. The van der Waals surface area contributed by atoms with E-state index in [0.717, 1.165) is 32.1 Å². The molecular formula is C39H79N3O5. The summed E-state index contributed by atoms with van der Waals surface area (Å²) in [6.45, 7) is 5.13. The molecule has 1 aliphatic rings. The van der Waals surface area contributed by atoms with Crippen molar-refractivity contribution in [3.63, 3.8) is 0 Å². The van der Waals surface area contributed by atoms with Crippen LogP contribution in [-0.2, 0) is 4.74 Å². The fourth-order valence-corrected chi connectivity index (χ4v) is 6.84. The molecule has 0 aromatic heterocycles. The SMILES string of the molecule is CCCCCCCCCCCCCCCCCCN(C(=O)NCCCCCCCCCCCCCC)[C@@H]1O[C@H](CO)[C@@H](O)[C@H](O)[C@H]1N. The Labute approximate surface area is 290 Å². The molecule has 5 atom stereocenters. The summed E-state index contributed by atoms with van der Waals surface area (Å²) in [5.41, 5.74) is 6.27. The van der Waals surface area contributed by atoms with Gasteiger partial charge in [-0.15, -0.1) is 0 Å². The highest BCUT2D eigenvalue weighted by Crippen LogP contribution is 2.24. The number of urea groups is 1. The highest BCUT2D eigenvalue weighted by atomic mass is 16.5. The third-order valence-electron chi connectivity index (χ3n) is 10.1. The maximum absolute atomic E-state index is 13.3. The first kappa shape index (κ1) is 44.1. The van der Waals surface area contributed by atoms with Gasteiger partial charge in [0.15, 0.2) is 6.23 Å². The van der Waals surface area contributed by atoms with Crippen LogP contribution in [0.2, 0.25) is 0 Å². The molecule has 0 aliphatic carbocycles. The lowest BCUT2D eigenvalue weighted by molar-refractivity contribution is -0.218. The molecule has 8 nitrogen and oxygen atoms in total. The topological polar surface area (TPSA) is 128 Å². The van der Waals surface area contributed by atoms with Crippen LogP contribution in [0.3, 0.4) is 0 Å². The van der Waals surface area contributed by atoms with Crippen molar-refractivity contribution in [3.05, 3.63) is 0 Å². The summed E-state index contributed by atoms with van der Waals surface area (Å²) in [4.78, 5) is 14.9. The number of nitrogens with one attached hydrogen (secondary N) is 1. The van der Waals surface area contributed by atoms with Crippen LogP contribution in [0, 0.1) is 0 Å². The van der Waals surface area contributed by atoms with E-state index in [2.05, 4.69) is 19.2 Å². The number of nitrogens with zero attached hydrogens (tertiary/aromatic N) is 1. The van der Waals surface area contributed by atoms with Crippen LogP contribution in [0.15, 0.2) is 0 Å². The molecule has 0 unspecified atom stereocenters. The summed E-state index contributed by atoms with van der Waals surface area (Å²) in [6, 6.07) is -1.21. The maximum atomic E-state index is 13.3. The Kier molecular flexibility index (Phi) is 29.2. The first-order valence-electron chi connectivity index (χ1n) is 20.4. The van der Waals surface area contributed by atoms with Gasteiger partial charge in [0.1, 0.15) is 18.3 Å². The molecule has 1 fully saturated rings. The van der Waals surface area contributed by atoms with E-state index in [-0.39, 0.29) is 6.03 Å². The molecule has 47 heavy (non-hydrogen) atoms. The molecule has 0 saturated carbocycles. The van der Waals surface area contributed by atoms with Crippen molar-refractivity contribution in [2.75, 3.05) is 19.7 Å². The minimum atomic E-state index is -1.28. The van der Waals surface area contributed by atoms with E-state index in [1.54, 1.807) is 4.90 Å². The van der Waals surface area contributed by atoms with Crippen LogP contribution in [0.4, 0.5) is 4.79 Å². The molecule has 1 rings (SSSR count). The number of rotatable bonds is 32. The number of aliphatic hydroxyl groups excluding tert-OH is 3. The zero-order chi connectivity index (χ0) is 34.4. The molecule has 2 amide bonds. The molecule has 280 valence electrons. The Morgan fingerprint density at radius 2 is 0.957 bits per heavy atom. The van der Waals surface area contributed by atoms with Crippen molar-refractivity contribution < 1.29 is 24.9 Å². The van der Waals surface area contributed by atoms with E-state index in [1.807, 2.05) is 0 Å². The number of nitrogens with two attached hydrogens (primary N) is 1. The van der Waals surface area contributed by atoms with Crippen molar-refractivity contribution >= 4 is 6.03 Å². The van der Waals surface area contributed by atoms with Crippen LogP contribution >= 0.6 is 0 Å². The first-order valence-corrected chi connectivity index (χ1v) is 20.4. The molecule has 0 spiro atoms. The van der Waals surface area contributed by atoms with Gasteiger partial charge >= 0.3 is 6.03 Å². The lowest BCUT2D eigenvalue weighted by Gasteiger charge is -2.45. The van der Waals surface area contributed by atoms with Crippen molar-refractivity contribution in [3.8, 4) is 0 Å². The smallest absolute Gasteiger partial charge is 0.319 e. The minimum Gasteiger partial charge on any atom is -0.394 e. The second-order valence-electron chi connectivity index (χ2n) is 14.4. The van der Waals surface area contributed by atoms with E-state index in [9.17, 15) is 20.1 Å². The Hall–Kier alpha value is -0.930. The van der Waals surface area contributed by atoms with Crippen LogP contribution < -0.4 is 11.1 Å². The number of hydrogen-bond acceptors (Lipinski definition) is 6. The minimum absolute atomic E-state index is 0.255. The monoisotopic (exact) mass is 670 g/mol. The van der Waals surface area contributed by atoms with Gasteiger partial charge in [-0.25, -0.2) is 4.79 Å². The zero-order valence-corrected chi connectivity index (χ0v) is 31.0. The van der Waals surface area contributed by atoms with E-state index in [1.165, 1.54) is 148 Å². The van der Waals surface area contributed by atoms with Crippen LogP contribution in [0.25, 0.3) is 0 Å². The van der Waals surface area contributed by atoms with Gasteiger partial charge in [0.25, 0.3) is 0 Å². The van der Waals surface area contributed by atoms with Crippen LogP contribution in [-0.4, -0.2) is 76.5 Å². The molecular weight excluding hydrogens is 590 g/mol. The molecule has 8 heteroatoms. The average molecular weight is 670 g/mol. The average Bonchev–Trinajstić information content (AvgIpc) is 3.07. The van der Waals surface area contributed by atoms with Crippen molar-refractivity contribution in [1.29, 1.82) is 0 Å². The fraction of sp³-hybridized carbons (Fsp3) is 0.974. The Morgan fingerprint density at radius 1 is 0.596 bits per heavy atom. The molecule has 6 N–H and O–H groups in total. The lowest BCUT2D eigenvalue weighted by Crippen LogP contribution is -2.67. The molecule has 0 radical (unpaired) electrons. The standard InChI is InChI=1S/C39H79N3O5/c1-3-5-7-9-11-13-15-17-18-19-20-22-24-26-28-30-32-42(38-35(40)37(45)36(44)34(33-43)47-38)39(46)41-31-29-27-25-23-21-16-14-12-10-8-6-4-2/h34-38,43-45H,3-33,40H2,1-2H3,(H,41,46)/t34-,35-,36-,37-,38-/m1/s1. The molecule has 0 aromatic rings. The third kappa shape index (κ3) is 21.7. The second-order valence-corrected chi connectivity index (χ2v) is 14.4. The zero-order valence-electron chi connectivity index (χ0n) is 31.0. The van der Waals surface area contributed by atoms with Gasteiger partial charge in [-0.3, -0.25) is 4.90 Å². The van der Waals surface area contributed by atoms with Gasteiger partial charge in [-0.1, -0.05) is 181 Å². The van der Waals surface area contributed by atoms with Gasteiger partial charge in [-0.05, 0) is 12.8 Å². The van der Waals surface area contributed by atoms with Crippen molar-refractivity contribution in [2.24, 2.45) is 5.73 Å². The molecule has 1 saturated heterocycles. The molecule has 1 aliphatic heterocycles. The summed E-state index contributed by atoms with van der Waals surface area (Å²) in [5, 5.41) is 33.6. The highest BCUT2D eigenvalue weighted by Gasteiger charge is 2.45. The Bertz CT molecular complexity index is 698. The predicted molar refractivity (Wildman–Crippen MR) is 196 cm³/mol. The predicted octanol–water partition coefficient (Wildman–Crippen LogP) is 8.73. The Morgan fingerprint density at radius 3 is 1.34 bits per heavy atom. The van der Waals surface area contributed by atoms with Gasteiger partial charge in [-0.2, -0.15) is 0 Å². The number of aliphatic hydroxyl groups is 3. The second kappa shape index (κ2) is 31.1. The van der Waals surface area contributed by atoms with Gasteiger partial charge in [0, 0.05) is 13.1 Å². The Balaban J connectivity index is 2.30. The number of hydrogen-bond donors (Lipinski definition) is 5. The van der Waals surface area contributed by atoms with Crippen molar-refractivity contribution in [2.45, 2.75) is 224 Å². The van der Waals surface area contributed by atoms with Crippen molar-refractivity contribution in [1.82, 2.24) is 10.2 Å². The first-order chi connectivity index (χ1) is 23.0. The summed E-state index contributed by atoms with van der Waals surface area (Å²) >= 11 is 0. The molecule has 0 aromatic carbocycles. The fourth-order valence-electron chi connectivity index (χ4n) is 6.84. The number of unbranched alkanes of at least 4 members (excludes halogenated alkanes) is 26. The number of amides is 2. The van der Waals surface area contributed by atoms with Gasteiger partial charge in [0.2, 0.25) is 0 Å². The van der Waals surface area contributed by atoms with Crippen LogP contribution in [0.5, 0.6) is 0 Å². The quantitative estimate of drug-likeness (QED) is 0.0456. The molecule has 1 heterocycles. The maximum Gasteiger partial charge on any atom is 0.319 e. The number of ether oxygens (including phenoxy) is 1. The van der Waals surface area contributed by atoms with Gasteiger partial charge in [0.05, 0.1) is 12.6 Å². The van der Waals surface area contributed by atoms with E-state index in [4.69, 9.17) is 10.5 Å². The van der Waals surface area contributed by atoms with E-state index in [0.29, 0.717) is 13.1 Å². The molecule has 0 bridgehead atoms. The lowest BCUT2D eigenvalue weighted by atomic mass is 9.96. The van der Waals surface area contributed by atoms with Crippen LogP contribution in [0.1, 0.15) is 194 Å². The van der Waals surface area contributed by atoms with E-state index < -0.39 is 37.2 Å². The summed E-state index contributed by atoms with van der Waals surface area (Å²) in [6.07, 6.45) is 31.3. The summed E-state index contributed by atoms with van der Waals surface area (Å²) < 4.78 is 5.89. The van der Waals surface area contributed by atoms with E-state index >= 15 is 0 Å². The highest BCUT2D eigenvalue weighted by molar-refractivity contribution is 5.74. The largest absolute Gasteiger partial charge is 0.394 e.